The van der Waals surface area contributed by atoms with Crippen LogP contribution in [0.1, 0.15) is 6.42 Å². The van der Waals surface area contributed by atoms with Gasteiger partial charge in [-0.3, -0.25) is 9.59 Å². The van der Waals surface area contributed by atoms with E-state index in [9.17, 15) is 14.0 Å². The number of rotatable bonds is 4. The van der Waals surface area contributed by atoms with Crippen molar-refractivity contribution in [3.8, 4) is 11.4 Å². The molecule has 1 aliphatic rings. The van der Waals surface area contributed by atoms with E-state index in [1.54, 1.807) is 6.07 Å². The molecular formula is C25H28FN7O2. The number of aromatic amines is 2. The Bertz CT molecular complexity index is 1480. The number of nitrogens with zero attached hydrogens (tertiary/aromatic N) is 4. The molecule has 2 aromatic heterocycles. The van der Waals surface area contributed by atoms with E-state index in [4.69, 9.17) is 5.73 Å². The van der Waals surface area contributed by atoms with E-state index in [0.29, 0.717) is 24.1 Å². The summed E-state index contributed by atoms with van der Waals surface area (Å²) in [6, 6.07) is 10.3. The molecule has 0 spiro atoms. The van der Waals surface area contributed by atoms with Crippen LogP contribution in [0.5, 0.6) is 0 Å². The zero-order valence-electron chi connectivity index (χ0n) is 19.8. The summed E-state index contributed by atoms with van der Waals surface area (Å²) in [5, 5.41) is 0.168. The quantitative estimate of drug-likeness (QED) is 0.416. The number of benzene rings is 2. The normalized spacial score (nSPS) is 14.7. The highest BCUT2D eigenvalue weighted by molar-refractivity contribution is 5.98. The maximum Gasteiger partial charge on any atom is 0.261 e. The third-order valence-electron chi connectivity index (χ3n) is 6.40. The number of likely N-dealkylation sites (N-methyl/N-ethyl adjacent to an activating group) is 1. The Kier molecular flexibility index (Phi) is 5.89. The van der Waals surface area contributed by atoms with Crippen molar-refractivity contribution in [1.29, 1.82) is 0 Å². The van der Waals surface area contributed by atoms with Crippen LogP contribution in [0.15, 0.2) is 41.2 Å². The van der Waals surface area contributed by atoms with Gasteiger partial charge in [0.05, 0.1) is 34.2 Å². The van der Waals surface area contributed by atoms with Gasteiger partial charge < -0.3 is 30.4 Å². The molecule has 9 nitrogen and oxygen atoms in total. The standard InChI is InChI=1S/C25H28FN7O2/c1-31(2)14-20(34)33-10-4-9-32(11-12-33)15-7-8-17-19(13-15)29-24(28-17)22-23(27)21-16(26)5-3-6-18(21)30-25(22)35/h3,5-8,13H,4,9-12,14H2,1-2H3,(H,28,29)(H3,27,30,35). The summed E-state index contributed by atoms with van der Waals surface area (Å²) in [6.07, 6.45) is 0.875. The topological polar surface area (TPSA) is 114 Å². The average molecular weight is 478 g/mol. The number of H-pyrrole nitrogens is 2. The van der Waals surface area contributed by atoms with Crippen molar-refractivity contribution in [2.24, 2.45) is 0 Å². The monoisotopic (exact) mass is 477 g/mol. The molecule has 1 aliphatic heterocycles. The molecule has 35 heavy (non-hydrogen) atoms. The summed E-state index contributed by atoms with van der Waals surface area (Å²) in [6.45, 7) is 3.36. The fourth-order valence-corrected chi connectivity index (χ4v) is 4.68. The fourth-order valence-electron chi connectivity index (χ4n) is 4.68. The third-order valence-corrected chi connectivity index (χ3v) is 6.40. The zero-order chi connectivity index (χ0) is 24.7. The molecule has 10 heteroatoms. The molecule has 0 bridgehead atoms. The van der Waals surface area contributed by atoms with Crippen molar-refractivity contribution in [3.63, 3.8) is 0 Å². The predicted octanol–water partition coefficient (Wildman–Crippen LogP) is 2.39. The SMILES string of the molecule is CN(C)CC(=O)N1CCCN(c2ccc3nc(-c4c(N)c5c(F)cccc5[nH]c4=O)[nH]c3c2)CC1. The first-order valence-corrected chi connectivity index (χ1v) is 11.6. The average Bonchev–Trinajstić information content (AvgIpc) is 3.04. The van der Waals surface area contributed by atoms with Crippen LogP contribution in [-0.4, -0.2) is 77.5 Å². The van der Waals surface area contributed by atoms with E-state index in [1.165, 1.54) is 12.1 Å². The number of pyridine rings is 1. The molecule has 1 amide bonds. The molecule has 5 rings (SSSR count). The van der Waals surface area contributed by atoms with E-state index in [1.807, 2.05) is 42.1 Å². The summed E-state index contributed by atoms with van der Waals surface area (Å²) in [5.41, 5.74) is 8.74. The number of amides is 1. The molecule has 0 saturated carbocycles. The van der Waals surface area contributed by atoms with Gasteiger partial charge in [0.25, 0.3) is 5.56 Å². The summed E-state index contributed by atoms with van der Waals surface area (Å²) in [5.74, 6) is -0.0762. The second kappa shape index (κ2) is 9.03. The Morgan fingerprint density at radius 3 is 2.74 bits per heavy atom. The van der Waals surface area contributed by atoms with Crippen LogP contribution >= 0.6 is 0 Å². The number of halogens is 1. The Labute approximate surface area is 201 Å². The first-order valence-electron chi connectivity index (χ1n) is 11.6. The number of hydrogen-bond acceptors (Lipinski definition) is 6. The molecule has 182 valence electrons. The van der Waals surface area contributed by atoms with Gasteiger partial charge in [0.1, 0.15) is 17.2 Å². The van der Waals surface area contributed by atoms with E-state index in [-0.39, 0.29) is 28.4 Å². The molecule has 1 saturated heterocycles. The molecular weight excluding hydrogens is 449 g/mol. The minimum Gasteiger partial charge on any atom is -0.397 e. The van der Waals surface area contributed by atoms with E-state index in [0.717, 1.165) is 37.3 Å². The van der Waals surface area contributed by atoms with Crippen LogP contribution < -0.4 is 16.2 Å². The highest BCUT2D eigenvalue weighted by atomic mass is 19.1. The molecule has 4 N–H and O–H groups in total. The van der Waals surface area contributed by atoms with Gasteiger partial charge in [0.2, 0.25) is 5.91 Å². The Balaban J connectivity index is 1.44. The number of carbonyl (C=O) groups is 1. The largest absolute Gasteiger partial charge is 0.397 e. The fraction of sp³-hybridized carbons (Fsp3) is 0.320. The highest BCUT2D eigenvalue weighted by Crippen LogP contribution is 2.31. The molecule has 0 atom stereocenters. The number of imidazole rings is 1. The van der Waals surface area contributed by atoms with Crippen molar-refractivity contribution in [2.75, 3.05) is 57.5 Å². The van der Waals surface area contributed by atoms with Crippen molar-refractivity contribution >= 4 is 39.2 Å². The molecule has 0 radical (unpaired) electrons. The van der Waals surface area contributed by atoms with Crippen molar-refractivity contribution < 1.29 is 9.18 Å². The smallest absolute Gasteiger partial charge is 0.261 e. The maximum absolute atomic E-state index is 14.4. The molecule has 1 fully saturated rings. The van der Waals surface area contributed by atoms with Gasteiger partial charge in [-0.1, -0.05) is 6.07 Å². The lowest BCUT2D eigenvalue weighted by Gasteiger charge is -2.24. The van der Waals surface area contributed by atoms with Crippen LogP contribution in [-0.2, 0) is 4.79 Å². The number of nitrogens with two attached hydrogens (primary N) is 1. The van der Waals surface area contributed by atoms with Crippen molar-refractivity contribution in [3.05, 3.63) is 52.6 Å². The summed E-state index contributed by atoms with van der Waals surface area (Å²) < 4.78 is 14.4. The number of nitrogens with one attached hydrogen (secondary N) is 2. The van der Waals surface area contributed by atoms with Gasteiger partial charge in [0, 0.05) is 31.9 Å². The maximum atomic E-state index is 14.4. The van der Waals surface area contributed by atoms with Crippen molar-refractivity contribution in [2.45, 2.75) is 6.42 Å². The zero-order valence-corrected chi connectivity index (χ0v) is 19.8. The first-order chi connectivity index (χ1) is 16.8. The number of carbonyl (C=O) groups excluding carboxylic acids is 1. The second-order valence-electron chi connectivity index (χ2n) is 9.15. The molecule has 0 unspecified atom stereocenters. The van der Waals surface area contributed by atoms with Crippen LogP contribution in [0, 0.1) is 5.82 Å². The number of nitrogen functional groups attached to an aromatic ring is 1. The number of aromatic nitrogens is 3. The van der Waals surface area contributed by atoms with Gasteiger partial charge in [0.15, 0.2) is 0 Å². The molecule has 0 aliphatic carbocycles. The van der Waals surface area contributed by atoms with E-state index >= 15 is 0 Å². The highest BCUT2D eigenvalue weighted by Gasteiger charge is 2.21. The van der Waals surface area contributed by atoms with Gasteiger partial charge in [-0.15, -0.1) is 0 Å². The van der Waals surface area contributed by atoms with Gasteiger partial charge in [-0.05, 0) is 50.8 Å². The molecule has 4 aromatic rings. The van der Waals surface area contributed by atoms with Crippen LogP contribution in [0.4, 0.5) is 15.8 Å². The summed E-state index contributed by atoms with van der Waals surface area (Å²) >= 11 is 0. The second-order valence-corrected chi connectivity index (χ2v) is 9.15. The lowest BCUT2D eigenvalue weighted by molar-refractivity contribution is -0.131. The van der Waals surface area contributed by atoms with Crippen LogP contribution in [0.25, 0.3) is 33.3 Å². The van der Waals surface area contributed by atoms with Gasteiger partial charge >= 0.3 is 0 Å². The van der Waals surface area contributed by atoms with Crippen molar-refractivity contribution in [1.82, 2.24) is 24.8 Å². The first kappa shape index (κ1) is 22.9. The minimum absolute atomic E-state index is 0.0520. The Morgan fingerprint density at radius 1 is 1.11 bits per heavy atom. The van der Waals surface area contributed by atoms with Crippen LogP contribution in [0.3, 0.4) is 0 Å². The van der Waals surface area contributed by atoms with Crippen LogP contribution in [0.2, 0.25) is 0 Å². The predicted molar refractivity (Wildman–Crippen MR) is 136 cm³/mol. The summed E-state index contributed by atoms with van der Waals surface area (Å²) in [4.78, 5) is 41.7. The lowest BCUT2D eigenvalue weighted by Crippen LogP contribution is -2.40. The molecule has 2 aromatic carbocycles. The van der Waals surface area contributed by atoms with Gasteiger partial charge in [-0.2, -0.15) is 0 Å². The van der Waals surface area contributed by atoms with E-state index in [2.05, 4.69) is 19.9 Å². The van der Waals surface area contributed by atoms with Gasteiger partial charge in [-0.25, -0.2) is 9.37 Å². The third kappa shape index (κ3) is 4.32. The minimum atomic E-state index is -0.504. The van der Waals surface area contributed by atoms with E-state index < -0.39 is 11.4 Å². The number of anilines is 2. The molecule has 3 heterocycles. The Hall–Kier alpha value is -3.92. The summed E-state index contributed by atoms with van der Waals surface area (Å²) in [7, 11) is 3.79. The number of fused-ring (bicyclic) bond motifs is 2. The Morgan fingerprint density at radius 2 is 1.94 bits per heavy atom. The number of hydrogen-bond donors (Lipinski definition) is 3. The lowest BCUT2D eigenvalue weighted by atomic mass is 10.1.